The van der Waals surface area contributed by atoms with Crippen molar-refractivity contribution in [1.82, 2.24) is 15.1 Å². The van der Waals surface area contributed by atoms with Gasteiger partial charge in [-0.05, 0) is 24.1 Å². The summed E-state index contributed by atoms with van der Waals surface area (Å²) in [6, 6.07) is 3.29. The van der Waals surface area contributed by atoms with Crippen LogP contribution in [0.5, 0.6) is 0 Å². The van der Waals surface area contributed by atoms with Crippen molar-refractivity contribution in [2.24, 2.45) is 0 Å². The van der Waals surface area contributed by atoms with Gasteiger partial charge in [0.05, 0.1) is 11.9 Å². The van der Waals surface area contributed by atoms with E-state index in [4.69, 9.17) is 5.73 Å². The van der Waals surface area contributed by atoms with Crippen LogP contribution in [0.2, 0.25) is 0 Å². The van der Waals surface area contributed by atoms with E-state index >= 15 is 0 Å². The molecule has 0 radical (unpaired) electrons. The van der Waals surface area contributed by atoms with Crippen molar-refractivity contribution in [1.29, 1.82) is 0 Å². The maximum atomic E-state index is 13.0. The summed E-state index contributed by atoms with van der Waals surface area (Å²) >= 11 is 0. The predicted octanol–water partition coefficient (Wildman–Crippen LogP) is 1.10. The molecule has 1 amide bonds. The van der Waals surface area contributed by atoms with Crippen molar-refractivity contribution < 1.29 is 13.6 Å². The zero-order valence-corrected chi connectivity index (χ0v) is 10.6. The van der Waals surface area contributed by atoms with E-state index in [-0.39, 0.29) is 12.5 Å². The number of anilines is 1. The van der Waals surface area contributed by atoms with Crippen LogP contribution in [0.1, 0.15) is 5.56 Å². The molecule has 0 fully saturated rings. The van der Waals surface area contributed by atoms with Gasteiger partial charge in [-0.15, -0.1) is 0 Å². The fraction of sp³-hybridized carbons (Fsp3) is 0.231. The number of hydrogen-bond acceptors (Lipinski definition) is 3. The third kappa shape index (κ3) is 4.04. The molecule has 0 aliphatic rings. The van der Waals surface area contributed by atoms with E-state index in [9.17, 15) is 13.6 Å². The van der Waals surface area contributed by atoms with Crippen LogP contribution in [0.3, 0.4) is 0 Å². The molecule has 0 saturated carbocycles. The van der Waals surface area contributed by atoms with Gasteiger partial charge in [-0.25, -0.2) is 8.78 Å². The Morgan fingerprint density at radius 1 is 1.30 bits per heavy atom. The first-order valence-electron chi connectivity index (χ1n) is 6.02. The summed E-state index contributed by atoms with van der Waals surface area (Å²) in [5.41, 5.74) is 6.44. The van der Waals surface area contributed by atoms with Crippen molar-refractivity contribution in [2.75, 3.05) is 12.3 Å². The number of carbonyl (C=O) groups is 1. The Morgan fingerprint density at radius 2 is 2.00 bits per heavy atom. The molecule has 1 aromatic carbocycles. The minimum Gasteiger partial charge on any atom is -0.396 e. The Kier molecular flexibility index (Phi) is 4.29. The number of carbonyl (C=O) groups excluding carboxylic acids is 1. The molecule has 0 spiro atoms. The number of benzene rings is 1. The van der Waals surface area contributed by atoms with Gasteiger partial charge in [0.15, 0.2) is 0 Å². The molecule has 7 heteroatoms. The number of nitrogen functional groups attached to an aromatic ring is 1. The molecule has 1 heterocycles. The largest absolute Gasteiger partial charge is 0.396 e. The Bertz CT molecular complexity index is 592. The average Bonchev–Trinajstić information content (AvgIpc) is 2.73. The molecule has 0 aliphatic heterocycles. The fourth-order valence-electron chi connectivity index (χ4n) is 1.77. The molecule has 2 aromatic rings. The number of rotatable bonds is 5. The molecule has 0 unspecified atom stereocenters. The second kappa shape index (κ2) is 6.14. The van der Waals surface area contributed by atoms with E-state index in [0.29, 0.717) is 24.2 Å². The van der Waals surface area contributed by atoms with Crippen LogP contribution in [0.15, 0.2) is 30.6 Å². The highest BCUT2D eigenvalue weighted by molar-refractivity contribution is 5.75. The van der Waals surface area contributed by atoms with Gasteiger partial charge in [-0.2, -0.15) is 5.10 Å². The summed E-state index contributed by atoms with van der Waals surface area (Å²) in [6.07, 6.45) is 3.34. The summed E-state index contributed by atoms with van der Waals surface area (Å²) in [7, 11) is 0. The van der Waals surface area contributed by atoms with E-state index in [1.165, 1.54) is 23.0 Å². The molecular formula is C13H14F2N4O. The molecule has 106 valence electrons. The summed E-state index contributed by atoms with van der Waals surface area (Å²) in [5, 5.41) is 6.52. The van der Waals surface area contributed by atoms with Gasteiger partial charge in [0.2, 0.25) is 5.91 Å². The molecular weight excluding hydrogens is 266 g/mol. The van der Waals surface area contributed by atoms with Crippen molar-refractivity contribution in [3.63, 3.8) is 0 Å². The summed E-state index contributed by atoms with van der Waals surface area (Å²) < 4.78 is 27.3. The number of halogens is 2. The molecule has 0 atom stereocenters. The Balaban J connectivity index is 1.79. The van der Waals surface area contributed by atoms with Crippen LogP contribution in [0.4, 0.5) is 14.5 Å². The molecule has 0 bridgehead atoms. The standard InChI is InChI=1S/C13H14F2N4O/c14-10-3-9(4-11(15)5-10)1-2-17-13(20)8-19-7-12(16)6-18-19/h3-7H,1-2,8,16H2,(H,17,20). The lowest BCUT2D eigenvalue weighted by Gasteiger charge is -2.06. The SMILES string of the molecule is Nc1cnn(CC(=O)NCCc2cc(F)cc(F)c2)c1. The molecule has 2 rings (SSSR count). The molecule has 20 heavy (non-hydrogen) atoms. The highest BCUT2D eigenvalue weighted by Gasteiger charge is 2.05. The topological polar surface area (TPSA) is 72.9 Å². The highest BCUT2D eigenvalue weighted by Crippen LogP contribution is 2.08. The van der Waals surface area contributed by atoms with Crippen LogP contribution in [-0.2, 0) is 17.8 Å². The maximum absolute atomic E-state index is 13.0. The van der Waals surface area contributed by atoms with E-state index in [1.54, 1.807) is 6.20 Å². The second-order valence-corrected chi connectivity index (χ2v) is 4.35. The minimum absolute atomic E-state index is 0.0503. The quantitative estimate of drug-likeness (QED) is 0.861. The number of amides is 1. The van der Waals surface area contributed by atoms with E-state index in [1.807, 2.05) is 0 Å². The zero-order chi connectivity index (χ0) is 14.5. The maximum Gasteiger partial charge on any atom is 0.241 e. The van der Waals surface area contributed by atoms with Crippen LogP contribution in [-0.4, -0.2) is 22.2 Å². The van der Waals surface area contributed by atoms with Gasteiger partial charge in [0.1, 0.15) is 18.2 Å². The number of nitrogens with zero attached hydrogens (tertiary/aromatic N) is 2. The Morgan fingerprint density at radius 3 is 2.60 bits per heavy atom. The van der Waals surface area contributed by atoms with Crippen molar-refractivity contribution in [3.8, 4) is 0 Å². The lowest BCUT2D eigenvalue weighted by Crippen LogP contribution is -2.29. The number of hydrogen-bond donors (Lipinski definition) is 2. The predicted molar refractivity (Wildman–Crippen MR) is 69.7 cm³/mol. The molecule has 1 aromatic heterocycles. The lowest BCUT2D eigenvalue weighted by atomic mass is 10.1. The summed E-state index contributed by atoms with van der Waals surface area (Å²) in [4.78, 5) is 11.6. The molecule has 3 N–H and O–H groups in total. The smallest absolute Gasteiger partial charge is 0.241 e. The summed E-state index contributed by atoms with van der Waals surface area (Å²) in [5.74, 6) is -1.50. The van der Waals surface area contributed by atoms with Crippen LogP contribution >= 0.6 is 0 Å². The first-order chi connectivity index (χ1) is 9.52. The van der Waals surface area contributed by atoms with E-state index in [0.717, 1.165) is 6.07 Å². The fourth-order valence-corrected chi connectivity index (χ4v) is 1.77. The van der Waals surface area contributed by atoms with E-state index < -0.39 is 11.6 Å². The van der Waals surface area contributed by atoms with Gasteiger partial charge in [0, 0.05) is 18.8 Å². The normalized spacial score (nSPS) is 10.5. The van der Waals surface area contributed by atoms with Gasteiger partial charge in [-0.1, -0.05) is 0 Å². The van der Waals surface area contributed by atoms with Crippen LogP contribution in [0.25, 0.3) is 0 Å². The van der Waals surface area contributed by atoms with Gasteiger partial charge < -0.3 is 11.1 Å². The Labute approximate surface area is 114 Å². The average molecular weight is 280 g/mol. The first kappa shape index (κ1) is 14.0. The first-order valence-corrected chi connectivity index (χ1v) is 6.02. The minimum atomic E-state index is -0.627. The third-order valence-corrected chi connectivity index (χ3v) is 2.62. The van der Waals surface area contributed by atoms with Crippen molar-refractivity contribution in [2.45, 2.75) is 13.0 Å². The second-order valence-electron chi connectivity index (χ2n) is 4.35. The number of aromatic nitrogens is 2. The number of nitrogens with one attached hydrogen (secondary N) is 1. The van der Waals surface area contributed by atoms with Crippen molar-refractivity contribution in [3.05, 3.63) is 47.8 Å². The van der Waals surface area contributed by atoms with Gasteiger partial charge >= 0.3 is 0 Å². The highest BCUT2D eigenvalue weighted by atomic mass is 19.1. The van der Waals surface area contributed by atoms with Crippen LogP contribution in [0, 0.1) is 11.6 Å². The Hall–Kier alpha value is -2.44. The summed E-state index contributed by atoms with van der Waals surface area (Å²) in [6.45, 7) is 0.340. The molecule has 0 saturated heterocycles. The van der Waals surface area contributed by atoms with Gasteiger partial charge in [0.25, 0.3) is 0 Å². The number of nitrogens with two attached hydrogens (primary N) is 1. The zero-order valence-electron chi connectivity index (χ0n) is 10.6. The third-order valence-electron chi connectivity index (χ3n) is 2.62. The molecule has 0 aliphatic carbocycles. The van der Waals surface area contributed by atoms with E-state index in [2.05, 4.69) is 10.4 Å². The lowest BCUT2D eigenvalue weighted by molar-refractivity contribution is -0.121. The van der Waals surface area contributed by atoms with Crippen molar-refractivity contribution >= 4 is 11.6 Å². The monoisotopic (exact) mass is 280 g/mol. The molecule has 5 nitrogen and oxygen atoms in total. The van der Waals surface area contributed by atoms with Crippen LogP contribution < -0.4 is 11.1 Å². The van der Waals surface area contributed by atoms with Gasteiger partial charge in [-0.3, -0.25) is 9.48 Å².